The minimum absolute atomic E-state index is 0.0851. The van der Waals surface area contributed by atoms with E-state index >= 15 is 0 Å². The average Bonchev–Trinajstić information content (AvgIpc) is 3.13. The van der Waals surface area contributed by atoms with Crippen molar-refractivity contribution in [3.63, 3.8) is 0 Å². The number of phenols is 1. The van der Waals surface area contributed by atoms with Gasteiger partial charge in [0, 0.05) is 41.3 Å². The van der Waals surface area contributed by atoms with Crippen LogP contribution in [0.5, 0.6) is 5.75 Å². The van der Waals surface area contributed by atoms with Crippen LogP contribution in [0, 0.1) is 5.92 Å². The molecule has 28 heavy (non-hydrogen) atoms. The molecule has 0 radical (unpaired) electrons. The molecule has 5 rings (SSSR count). The van der Waals surface area contributed by atoms with E-state index in [1.54, 1.807) is 24.7 Å². The quantitative estimate of drug-likeness (QED) is 0.729. The number of halogens is 1. The summed E-state index contributed by atoms with van der Waals surface area (Å²) in [6.07, 6.45) is 6.54. The normalized spacial score (nSPS) is 26.5. The number of allylic oxidation sites excluding steroid dienone is 1. The zero-order valence-corrected chi connectivity index (χ0v) is 15.2. The van der Waals surface area contributed by atoms with Crippen LogP contribution in [0.2, 0.25) is 0 Å². The standard InChI is InChI=1S/C21H20FN5O/c1-11(15-8-14-2-3-17(25-14)20(15)22)21-24-10-18(26-27-21)16-6-12-4-5-23-9-13(12)7-19(16)28/h4-7,9-10,14-15,17,20,25,28H,1-3,8H2/t14-,15+,17+,20-/m0/s1. The average molecular weight is 377 g/mol. The zero-order chi connectivity index (χ0) is 19.3. The third-order valence-electron chi connectivity index (χ3n) is 5.91. The summed E-state index contributed by atoms with van der Waals surface area (Å²) in [5, 5.41) is 23.9. The second kappa shape index (κ2) is 6.60. The van der Waals surface area contributed by atoms with Gasteiger partial charge in [-0.2, -0.15) is 0 Å². The fourth-order valence-electron chi connectivity index (χ4n) is 4.38. The minimum atomic E-state index is -0.979. The Morgan fingerprint density at radius 1 is 1.18 bits per heavy atom. The van der Waals surface area contributed by atoms with Crippen molar-refractivity contribution in [1.29, 1.82) is 0 Å². The van der Waals surface area contributed by atoms with Crippen molar-refractivity contribution in [2.45, 2.75) is 37.5 Å². The number of rotatable bonds is 3. The number of phenolic OH excluding ortho intramolecular Hbond substituents is 1. The maximum Gasteiger partial charge on any atom is 0.177 e. The number of aromatic nitrogens is 4. The van der Waals surface area contributed by atoms with Crippen molar-refractivity contribution >= 4 is 16.3 Å². The number of pyridine rings is 1. The van der Waals surface area contributed by atoms with E-state index in [0.717, 1.165) is 23.6 Å². The predicted molar refractivity (Wildman–Crippen MR) is 104 cm³/mol. The number of nitrogens with zero attached hydrogens (tertiary/aromatic N) is 4. The second-order valence-electron chi connectivity index (χ2n) is 7.62. The number of hydrogen-bond acceptors (Lipinski definition) is 6. The highest BCUT2D eigenvalue weighted by Crippen LogP contribution is 2.39. The molecular weight excluding hydrogens is 357 g/mol. The van der Waals surface area contributed by atoms with E-state index in [2.05, 4.69) is 32.1 Å². The number of aromatic hydroxyl groups is 1. The molecule has 2 fully saturated rings. The number of nitrogens with one attached hydrogen (secondary N) is 1. The smallest absolute Gasteiger partial charge is 0.177 e. The van der Waals surface area contributed by atoms with Gasteiger partial charge in [-0.15, -0.1) is 10.2 Å². The number of fused-ring (bicyclic) bond motifs is 3. The highest BCUT2D eigenvalue weighted by molar-refractivity contribution is 5.89. The molecular formula is C21H20FN5O. The topological polar surface area (TPSA) is 83.8 Å². The van der Waals surface area contributed by atoms with Crippen LogP contribution < -0.4 is 5.32 Å². The lowest BCUT2D eigenvalue weighted by Gasteiger charge is -2.33. The van der Waals surface area contributed by atoms with Crippen molar-refractivity contribution in [3.8, 4) is 17.0 Å². The Kier molecular flexibility index (Phi) is 4.05. The molecule has 142 valence electrons. The third kappa shape index (κ3) is 2.82. The number of piperidine rings is 1. The molecule has 0 spiro atoms. The lowest BCUT2D eigenvalue weighted by molar-refractivity contribution is 0.167. The van der Waals surface area contributed by atoms with Gasteiger partial charge in [-0.3, -0.25) is 4.98 Å². The van der Waals surface area contributed by atoms with Crippen LogP contribution in [-0.4, -0.2) is 43.5 Å². The summed E-state index contributed by atoms with van der Waals surface area (Å²) in [7, 11) is 0. The van der Waals surface area contributed by atoms with Crippen molar-refractivity contribution in [2.75, 3.05) is 0 Å². The summed E-state index contributed by atoms with van der Waals surface area (Å²) in [6.45, 7) is 4.07. The van der Waals surface area contributed by atoms with Crippen molar-refractivity contribution in [1.82, 2.24) is 25.5 Å². The van der Waals surface area contributed by atoms with Crippen molar-refractivity contribution in [2.24, 2.45) is 5.92 Å². The molecule has 0 amide bonds. The molecule has 7 heteroatoms. The maximum atomic E-state index is 14.8. The molecule has 4 heterocycles. The van der Waals surface area contributed by atoms with Crippen LogP contribution in [-0.2, 0) is 0 Å². The summed E-state index contributed by atoms with van der Waals surface area (Å²) in [4.78, 5) is 8.43. The van der Waals surface area contributed by atoms with Crippen LogP contribution in [0.3, 0.4) is 0 Å². The summed E-state index contributed by atoms with van der Waals surface area (Å²) < 4.78 is 14.8. The minimum Gasteiger partial charge on any atom is -0.507 e. The van der Waals surface area contributed by atoms with Gasteiger partial charge in [-0.1, -0.05) is 6.58 Å². The highest BCUT2D eigenvalue weighted by atomic mass is 19.1. The molecule has 2 N–H and O–H groups in total. The van der Waals surface area contributed by atoms with E-state index in [4.69, 9.17) is 0 Å². The van der Waals surface area contributed by atoms with E-state index in [1.165, 1.54) is 0 Å². The predicted octanol–water partition coefficient (Wildman–Crippen LogP) is 3.28. The molecule has 2 aliphatic rings. The van der Waals surface area contributed by atoms with Crippen LogP contribution in [0.1, 0.15) is 25.1 Å². The lowest BCUT2D eigenvalue weighted by atomic mass is 9.84. The van der Waals surface area contributed by atoms with Crippen LogP contribution in [0.15, 0.2) is 43.4 Å². The zero-order valence-electron chi connectivity index (χ0n) is 15.2. The van der Waals surface area contributed by atoms with Crippen molar-refractivity contribution < 1.29 is 9.50 Å². The van der Waals surface area contributed by atoms with Gasteiger partial charge in [0.2, 0.25) is 0 Å². The van der Waals surface area contributed by atoms with Gasteiger partial charge < -0.3 is 10.4 Å². The molecule has 2 aromatic heterocycles. The maximum absolute atomic E-state index is 14.8. The molecule has 0 saturated carbocycles. The Morgan fingerprint density at radius 3 is 2.89 bits per heavy atom. The van der Waals surface area contributed by atoms with E-state index in [1.807, 2.05) is 12.1 Å². The first-order valence-corrected chi connectivity index (χ1v) is 9.46. The Labute approximate surface area is 161 Å². The largest absolute Gasteiger partial charge is 0.507 e. The first-order chi connectivity index (χ1) is 13.6. The molecule has 1 aromatic carbocycles. The molecule has 3 aromatic rings. The molecule has 6 nitrogen and oxygen atoms in total. The molecule has 0 unspecified atom stereocenters. The van der Waals surface area contributed by atoms with E-state index in [0.29, 0.717) is 35.1 Å². The molecule has 2 bridgehead atoms. The van der Waals surface area contributed by atoms with E-state index < -0.39 is 6.17 Å². The van der Waals surface area contributed by atoms with Gasteiger partial charge in [-0.25, -0.2) is 9.37 Å². The summed E-state index contributed by atoms with van der Waals surface area (Å²) in [5.41, 5.74) is 1.59. The highest BCUT2D eigenvalue weighted by Gasteiger charge is 2.43. The summed E-state index contributed by atoms with van der Waals surface area (Å²) in [5.74, 6) is 0.164. The van der Waals surface area contributed by atoms with Crippen LogP contribution in [0.4, 0.5) is 4.39 Å². The Hall–Kier alpha value is -2.93. The van der Waals surface area contributed by atoms with Crippen molar-refractivity contribution in [3.05, 3.63) is 49.2 Å². The summed E-state index contributed by atoms with van der Waals surface area (Å²) >= 11 is 0. The molecule has 2 saturated heterocycles. The van der Waals surface area contributed by atoms with Gasteiger partial charge in [0.1, 0.15) is 17.6 Å². The first-order valence-electron chi connectivity index (χ1n) is 9.46. The number of alkyl halides is 1. The van der Waals surface area contributed by atoms with Crippen LogP contribution in [0.25, 0.3) is 27.6 Å². The Bertz CT molecular complexity index is 1050. The van der Waals surface area contributed by atoms with Gasteiger partial charge in [0.05, 0.1) is 6.20 Å². The van der Waals surface area contributed by atoms with Gasteiger partial charge in [0.15, 0.2) is 5.82 Å². The van der Waals surface area contributed by atoms with Crippen LogP contribution >= 0.6 is 0 Å². The number of hydrogen-bond donors (Lipinski definition) is 2. The summed E-state index contributed by atoms with van der Waals surface area (Å²) in [6, 6.07) is 5.58. The monoisotopic (exact) mass is 377 g/mol. The third-order valence-corrected chi connectivity index (χ3v) is 5.91. The molecule has 4 atom stereocenters. The van der Waals surface area contributed by atoms with E-state index in [-0.39, 0.29) is 17.7 Å². The fourth-order valence-corrected chi connectivity index (χ4v) is 4.38. The van der Waals surface area contributed by atoms with Gasteiger partial charge >= 0.3 is 0 Å². The number of benzene rings is 1. The molecule has 0 aliphatic carbocycles. The Morgan fingerprint density at radius 2 is 2.07 bits per heavy atom. The molecule has 2 aliphatic heterocycles. The first kappa shape index (κ1) is 17.2. The second-order valence-corrected chi connectivity index (χ2v) is 7.62. The van der Waals surface area contributed by atoms with Gasteiger partial charge in [0.25, 0.3) is 0 Å². The van der Waals surface area contributed by atoms with Gasteiger partial charge in [-0.05, 0) is 48.4 Å². The van der Waals surface area contributed by atoms with E-state index in [9.17, 15) is 9.50 Å². The Balaban J connectivity index is 1.43. The SMILES string of the molecule is C=C(c1ncc(-c2cc3ccncc3cc2O)nn1)[C@H]1C[C@@H]2CC[C@@H](N2)[C@H]1F. The lowest BCUT2D eigenvalue weighted by Crippen LogP contribution is -2.47. The fraction of sp³-hybridized carbons (Fsp3) is 0.333.